The van der Waals surface area contributed by atoms with E-state index in [2.05, 4.69) is 15.8 Å². The molecule has 31 heavy (non-hydrogen) atoms. The van der Waals surface area contributed by atoms with Gasteiger partial charge in [-0.1, -0.05) is 42.0 Å². The number of hydrogen-bond donors (Lipinski definition) is 2. The number of amides is 2. The van der Waals surface area contributed by atoms with Gasteiger partial charge in [0.1, 0.15) is 5.75 Å². The van der Waals surface area contributed by atoms with Crippen molar-refractivity contribution >= 4 is 11.8 Å². The molecule has 162 valence electrons. The number of hydrogen-bond acceptors (Lipinski definition) is 5. The third-order valence-electron chi connectivity index (χ3n) is 5.01. The first-order valence-electron chi connectivity index (χ1n) is 10.2. The summed E-state index contributed by atoms with van der Waals surface area (Å²) in [5, 5.41) is 0. The maximum Gasteiger partial charge on any atom is 0.279 e. The maximum atomic E-state index is 12.2. The van der Waals surface area contributed by atoms with Crippen LogP contribution in [0.1, 0.15) is 35.9 Å². The number of oxazole rings is 1. The standard InChI is InChI=1S/C24H27N3O4/c1-15-8-10-19(11-9-15)21-14-25-23(31-21)13-12-22(28)26-27-24(29)18(4)30-20-7-5-6-16(2)17(20)3/h5-11,14,18H,12-13H2,1-4H3,(H,26,28)(H,27,29). The summed E-state index contributed by atoms with van der Waals surface area (Å²) in [6.07, 6.45) is 1.33. The second-order valence-electron chi connectivity index (χ2n) is 7.48. The topological polar surface area (TPSA) is 93.5 Å². The largest absolute Gasteiger partial charge is 0.481 e. The van der Waals surface area contributed by atoms with E-state index in [9.17, 15) is 9.59 Å². The third-order valence-corrected chi connectivity index (χ3v) is 5.01. The SMILES string of the molecule is Cc1ccc(-c2cnc(CCC(=O)NNC(=O)C(C)Oc3cccc(C)c3C)o2)cc1. The molecule has 0 spiro atoms. The number of aryl methyl sites for hydroxylation is 3. The van der Waals surface area contributed by atoms with Crippen LogP contribution in [0, 0.1) is 20.8 Å². The van der Waals surface area contributed by atoms with Gasteiger partial charge in [0.05, 0.1) is 6.20 Å². The highest BCUT2D eigenvalue weighted by Crippen LogP contribution is 2.22. The van der Waals surface area contributed by atoms with Gasteiger partial charge in [-0.05, 0) is 44.9 Å². The summed E-state index contributed by atoms with van der Waals surface area (Å²) in [7, 11) is 0. The molecule has 0 saturated heterocycles. The van der Waals surface area contributed by atoms with Crippen molar-refractivity contribution in [1.82, 2.24) is 15.8 Å². The molecule has 2 amide bonds. The minimum absolute atomic E-state index is 0.125. The van der Waals surface area contributed by atoms with Crippen LogP contribution in [-0.2, 0) is 16.0 Å². The van der Waals surface area contributed by atoms with Crippen LogP contribution < -0.4 is 15.6 Å². The summed E-state index contributed by atoms with van der Waals surface area (Å²) >= 11 is 0. The molecule has 0 aliphatic carbocycles. The Labute approximate surface area is 181 Å². The molecule has 0 aliphatic heterocycles. The summed E-state index contributed by atoms with van der Waals surface area (Å²) in [4.78, 5) is 28.5. The van der Waals surface area contributed by atoms with Gasteiger partial charge in [-0.25, -0.2) is 4.98 Å². The molecule has 1 atom stereocenters. The summed E-state index contributed by atoms with van der Waals surface area (Å²) in [6, 6.07) is 13.6. The Morgan fingerprint density at radius 3 is 2.55 bits per heavy atom. The molecule has 0 saturated carbocycles. The Kier molecular flexibility index (Phi) is 7.07. The molecule has 2 N–H and O–H groups in total. The van der Waals surface area contributed by atoms with Crippen molar-refractivity contribution in [2.24, 2.45) is 0 Å². The van der Waals surface area contributed by atoms with Gasteiger partial charge in [0.2, 0.25) is 5.91 Å². The van der Waals surface area contributed by atoms with E-state index < -0.39 is 12.0 Å². The van der Waals surface area contributed by atoms with E-state index >= 15 is 0 Å². The highest BCUT2D eigenvalue weighted by Gasteiger charge is 2.17. The highest BCUT2D eigenvalue weighted by molar-refractivity contribution is 5.84. The Morgan fingerprint density at radius 2 is 1.81 bits per heavy atom. The van der Waals surface area contributed by atoms with Gasteiger partial charge >= 0.3 is 0 Å². The molecule has 3 aromatic rings. The van der Waals surface area contributed by atoms with Crippen LogP contribution in [0.25, 0.3) is 11.3 Å². The van der Waals surface area contributed by atoms with E-state index in [1.165, 1.54) is 0 Å². The predicted octanol–water partition coefficient (Wildman–Crippen LogP) is 3.81. The quantitative estimate of drug-likeness (QED) is 0.566. The number of hydrazine groups is 1. The van der Waals surface area contributed by atoms with Gasteiger partial charge in [-0.2, -0.15) is 0 Å². The van der Waals surface area contributed by atoms with Gasteiger partial charge < -0.3 is 9.15 Å². The fraction of sp³-hybridized carbons (Fsp3) is 0.292. The van der Waals surface area contributed by atoms with E-state index in [1.807, 2.05) is 63.2 Å². The second kappa shape index (κ2) is 9.93. The van der Waals surface area contributed by atoms with Crippen molar-refractivity contribution < 1.29 is 18.7 Å². The predicted molar refractivity (Wildman–Crippen MR) is 117 cm³/mol. The average molecular weight is 421 g/mol. The van der Waals surface area contributed by atoms with Crippen molar-refractivity contribution in [3.8, 4) is 17.1 Å². The van der Waals surface area contributed by atoms with E-state index in [-0.39, 0.29) is 12.3 Å². The van der Waals surface area contributed by atoms with Crippen LogP contribution in [0.2, 0.25) is 0 Å². The van der Waals surface area contributed by atoms with E-state index in [1.54, 1.807) is 13.1 Å². The number of nitrogens with zero attached hydrogens (tertiary/aromatic N) is 1. The van der Waals surface area contributed by atoms with Gasteiger partial charge in [0, 0.05) is 18.4 Å². The molecule has 0 bridgehead atoms. The number of aromatic nitrogens is 1. The van der Waals surface area contributed by atoms with Crippen molar-refractivity contribution in [3.05, 3.63) is 71.2 Å². The summed E-state index contributed by atoms with van der Waals surface area (Å²) in [6.45, 7) is 7.56. The van der Waals surface area contributed by atoms with Crippen molar-refractivity contribution in [2.75, 3.05) is 0 Å². The molecule has 3 rings (SSSR count). The number of rotatable bonds is 7. The van der Waals surface area contributed by atoms with Crippen molar-refractivity contribution in [3.63, 3.8) is 0 Å². The van der Waals surface area contributed by atoms with Crippen LogP contribution in [0.4, 0.5) is 0 Å². The Morgan fingerprint density at radius 1 is 1.06 bits per heavy atom. The molecule has 0 fully saturated rings. The second-order valence-corrected chi connectivity index (χ2v) is 7.48. The molecule has 1 unspecified atom stereocenters. The molecule has 2 aromatic carbocycles. The molecule has 1 aromatic heterocycles. The maximum absolute atomic E-state index is 12.2. The third kappa shape index (κ3) is 5.94. The van der Waals surface area contributed by atoms with Crippen molar-refractivity contribution in [2.45, 2.75) is 46.6 Å². The number of ether oxygens (including phenoxy) is 1. The molecule has 0 aliphatic rings. The lowest BCUT2D eigenvalue weighted by atomic mass is 10.1. The molecular formula is C24H27N3O4. The molecule has 0 radical (unpaired) electrons. The van der Waals surface area contributed by atoms with Gasteiger partial charge in [-0.15, -0.1) is 0 Å². The first-order valence-corrected chi connectivity index (χ1v) is 10.2. The minimum Gasteiger partial charge on any atom is -0.481 e. The number of benzene rings is 2. The van der Waals surface area contributed by atoms with E-state index in [0.29, 0.717) is 23.8 Å². The van der Waals surface area contributed by atoms with Gasteiger partial charge in [0.25, 0.3) is 5.91 Å². The lowest BCUT2D eigenvalue weighted by Gasteiger charge is -2.17. The van der Waals surface area contributed by atoms with Crippen LogP contribution in [0.5, 0.6) is 5.75 Å². The monoisotopic (exact) mass is 421 g/mol. The first-order chi connectivity index (χ1) is 14.8. The Balaban J connectivity index is 1.44. The fourth-order valence-electron chi connectivity index (χ4n) is 2.89. The Bertz CT molecular complexity index is 1060. The smallest absolute Gasteiger partial charge is 0.279 e. The van der Waals surface area contributed by atoms with Crippen LogP contribution >= 0.6 is 0 Å². The molecule has 7 heteroatoms. The molecular weight excluding hydrogens is 394 g/mol. The summed E-state index contributed by atoms with van der Waals surface area (Å²) < 4.78 is 11.4. The van der Waals surface area contributed by atoms with Crippen LogP contribution in [-0.4, -0.2) is 22.9 Å². The van der Waals surface area contributed by atoms with Gasteiger partial charge in [-0.3, -0.25) is 20.4 Å². The molecule has 7 nitrogen and oxygen atoms in total. The van der Waals surface area contributed by atoms with E-state index in [4.69, 9.17) is 9.15 Å². The minimum atomic E-state index is -0.760. The number of carbonyl (C=O) groups excluding carboxylic acids is 2. The lowest BCUT2D eigenvalue weighted by Crippen LogP contribution is -2.47. The number of carbonyl (C=O) groups is 2. The van der Waals surface area contributed by atoms with Crippen LogP contribution in [0.3, 0.4) is 0 Å². The van der Waals surface area contributed by atoms with Crippen molar-refractivity contribution in [1.29, 1.82) is 0 Å². The Hall–Kier alpha value is -3.61. The lowest BCUT2D eigenvalue weighted by molar-refractivity contribution is -0.132. The van der Waals surface area contributed by atoms with E-state index in [0.717, 1.165) is 22.3 Å². The zero-order valence-electron chi connectivity index (χ0n) is 18.2. The fourth-order valence-corrected chi connectivity index (χ4v) is 2.89. The number of nitrogens with one attached hydrogen (secondary N) is 2. The summed E-state index contributed by atoms with van der Waals surface area (Å²) in [5.74, 6) is 0.974. The zero-order valence-corrected chi connectivity index (χ0v) is 18.2. The highest BCUT2D eigenvalue weighted by atomic mass is 16.5. The first kappa shape index (κ1) is 22.1. The normalized spacial score (nSPS) is 11.6. The zero-order chi connectivity index (χ0) is 22.4. The van der Waals surface area contributed by atoms with Gasteiger partial charge in [0.15, 0.2) is 17.8 Å². The average Bonchev–Trinajstić information content (AvgIpc) is 3.23. The van der Waals surface area contributed by atoms with Crippen LogP contribution in [0.15, 0.2) is 53.1 Å². The molecule has 1 heterocycles. The summed E-state index contributed by atoms with van der Waals surface area (Å²) in [5.41, 5.74) is 8.94.